The Labute approximate surface area is 155 Å². The van der Waals surface area contributed by atoms with Crippen molar-refractivity contribution in [3.63, 3.8) is 0 Å². The average Bonchev–Trinajstić information content (AvgIpc) is 3.35. The van der Waals surface area contributed by atoms with Crippen molar-refractivity contribution in [2.45, 2.75) is 26.4 Å². The summed E-state index contributed by atoms with van der Waals surface area (Å²) in [6.45, 7) is 4.76. The molecule has 7 nitrogen and oxygen atoms in total. The molecule has 0 fully saturated rings. The topological polar surface area (TPSA) is 69.2 Å². The van der Waals surface area contributed by atoms with Crippen molar-refractivity contribution in [3.05, 3.63) is 76.8 Å². The number of H-pyrrole nitrogens is 1. The average molecular weight is 365 g/mol. The monoisotopic (exact) mass is 365 g/mol. The van der Waals surface area contributed by atoms with Crippen LogP contribution >= 0.6 is 12.2 Å². The van der Waals surface area contributed by atoms with Crippen molar-refractivity contribution in [2.75, 3.05) is 0 Å². The van der Waals surface area contributed by atoms with E-state index in [0.29, 0.717) is 11.3 Å². The maximum absolute atomic E-state index is 5.45. The number of aromatic amines is 1. The number of benzene rings is 1. The van der Waals surface area contributed by atoms with Gasteiger partial charge in [0.1, 0.15) is 6.04 Å². The molecule has 0 saturated heterocycles. The molecule has 0 aliphatic carbocycles. The van der Waals surface area contributed by atoms with Crippen molar-refractivity contribution in [1.29, 1.82) is 0 Å². The van der Waals surface area contributed by atoms with E-state index in [1.54, 1.807) is 6.20 Å². The normalized spacial score (nSPS) is 12.4. The maximum Gasteiger partial charge on any atom is 0.200 e. The van der Waals surface area contributed by atoms with E-state index < -0.39 is 0 Å². The van der Waals surface area contributed by atoms with E-state index >= 15 is 0 Å². The molecular formula is C18H19N7S. The molecule has 3 aromatic heterocycles. The predicted molar refractivity (Wildman–Crippen MR) is 101 cm³/mol. The molecule has 8 heteroatoms. The van der Waals surface area contributed by atoms with Crippen LogP contribution in [0.15, 0.2) is 55.1 Å². The lowest BCUT2D eigenvalue weighted by molar-refractivity contribution is 0.527. The molecule has 1 N–H and O–H groups in total. The molecule has 1 unspecified atom stereocenters. The minimum atomic E-state index is -0.0610. The van der Waals surface area contributed by atoms with Crippen LogP contribution < -0.4 is 0 Å². The van der Waals surface area contributed by atoms with Crippen LogP contribution in [0.5, 0.6) is 0 Å². The van der Waals surface area contributed by atoms with Gasteiger partial charge in [-0.15, -0.1) is 0 Å². The van der Waals surface area contributed by atoms with Gasteiger partial charge < -0.3 is 0 Å². The minimum Gasteiger partial charge on any atom is -0.267 e. The standard InChI is InChI=1S/C18H19N7S/c1-13-8-20-24(10-13)14(2)17-21-22-18(26)25(17)16-9-19-23(12-16)11-15-6-4-3-5-7-15/h3-10,12,14H,11H2,1-2H3,(H,22,26). The second kappa shape index (κ2) is 6.72. The van der Waals surface area contributed by atoms with Gasteiger partial charge in [-0.05, 0) is 37.2 Å². The van der Waals surface area contributed by atoms with Crippen molar-refractivity contribution in [3.8, 4) is 5.69 Å². The molecule has 0 radical (unpaired) electrons. The van der Waals surface area contributed by atoms with Crippen LogP contribution in [0, 0.1) is 11.7 Å². The van der Waals surface area contributed by atoms with Crippen LogP contribution in [-0.4, -0.2) is 34.3 Å². The molecule has 132 valence electrons. The van der Waals surface area contributed by atoms with Gasteiger partial charge in [0.15, 0.2) is 10.6 Å². The number of nitrogens with zero attached hydrogens (tertiary/aromatic N) is 6. The molecule has 1 aromatic carbocycles. The Balaban J connectivity index is 1.66. The van der Waals surface area contributed by atoms with E-state index in [2.05, 4.69) is 32.5 Å². The Morgan fingerprint density at radius 2 is 1.92 bits per heavy atom. The molecule has 0 aliphatic rings. The van der Waals surface area contributed by atoms with Gasteiger partial charge in [0, 0.05) is 12.4 Å². The lowest BCUT2D eigenvalue weighted by Gasteiger charge is -2.12. The molecule has 0 saturated carbocycles. The van der Waals surface area contributed by atoms with E-state index in [1.165, 1.54) is 5.56 Å². The van der Waals surface area contributed by atoms with E-state index in [-0.39, 0.29) is 6.04 Å². The third kappa shape index (κ3) is 3.11. The van der Waals surface area contributed by atoms with Crippen molar-refractivity contribution in [2.24, 2.45) is 0 Å². The smallest absolute Gasteiger partial charge is 0.200 e. The number of hydrogen-bond donors (Lipinski definition) is 1. The van der Waals surface area contributed by atoms with Crippen molar-refractivity contribution >= 4 is 12.2 Å². The van der Waals surface area contributed by atoms with E-state index in [9.17, 15) is 0 Å². The molecule has 4 rings (SSSR count). The quantitative estimate of drug-likeness (QED) is 0.551. The summed E-state index contributed by atoms with van der Waals surface area (Å²) in [4.78, 5) is 0. The van der Waals surface area contributed by atoms with Gasteiger partial charge in [-0.2, -0.15) is 15.3 Å². The zero-order valence-corrected chi connectivity index (χ0v) is 15.4. The zero-order valence-electron chi connectivity index (χ0n) is 14.6. The summed E-state index contributed by atoms with van der Waals surface area (Å²) in [5.74, 6) is 0.789. The van der Waals surface area contributed by atoms with Crippen LogP contribution in [0.4, 0.5) is 0 Å². The third-order valence-corrected chi connectivity index (χ3v) is 4.54. The molecule has 0 spiro atoms. The van der Waals surface area contributed by atoms with Gasteiger partial charge in [0.25, 0.3) is 0 Å². The summed E-state index contributed by atoms with van der Waals surface area (Å²) < 4.78 is 6.22. The Bertz CT molecular complexity index is 1070. The Morgan fingerprint density at radius 3 is 2.65 bits per heavy atom. The first-order valence-corrected chi connectivity index (χ1v) is 8.77. The Kier molecular flexibility index (Phi) is 4.26. The Hall–Kier alpha value is -3.00. The highest BCUT2D eigenvalue weighted by molar-refractivity contribution is 7.71. The van der Waals surface area contributed by atoms with E-state index in [4.69, 9.17) is 12.2 Å². The molecule has 0 amide bonds. The molecule has 1 atom stereocenters. The molecule has 4 aromatic rings. The van der Waals surface area contributed by atoms with E-state index in [1.807, 2.05) is 64.6 Å². The fraction of sp³-hybridized carbons (Fsp3) is 0.222. The first-order valence-electron chi connectivity index (χ1n) is 8.36. The van der Waals surface area contributed by atoms with Gasteiger partial charge >= 0.3 is 0 Å². The van der Waals surface area contributed by atoms with Crippen LogP contribution in [0.2, 0.25) is 0 Å². The van der Waals surface area contributed by atoms with E-state index in [0.717, 1.165) is 17.1 Å². The van der Waals surface area contributed by atoms with Gasteiger partial charge in [-0.3, -0.25) is 19.0 Å². The summed E-state index contributed by atoms with van der Waals surface area (Å²) in [7, 11) is 0. The summed E-state index contributed by atoms with van der Waals surface area (Å²) in [6.07, 6.45) is 7.60. The number of hydrogen-bond acceptors (Lipinski definition) is 4. The second-order valence-electron chi connectivity index (χ2n) is 6.28. The molecular weight excluding hydrogens is 346 g/mol. The molecule has 26 heavy (non-hydrogen) atoms. The fourth-order valence-electron chi connectivity index (χ4n) is 2.93. The molecule has 0 aliphatic heterocycles. The highest BCUT2D eigenvalue weighted by atomic mass is 32.1. The lowest BCUT2D eigenvalue weighted by atomic mass is 10.2. The molecule has 0 bridgehead atoms. The summed E-state index contributed by atoms with van der Waals surface area (Å²) in [5, 5.41) is 16.2. The molecule has 3 heterocycles. The fourth-order valence-corrected chi connectivity index (χ4v) is 3.17. The largest absolute Gasteiger partial charge is 0.267 e. The van der Waals surface area contributed by atoms with Gasteiger partial charge in [-0.25, -0.2) is 0 Å². The van der Waals surface area contributed by atoms with Crippen LogP contribution in [0.3, 0.4) is 0 Å². The first kappa shape index (κ1) is 16.5. The SMILES string of the molecule is Cc1cnn(C(C)c2n[nH]c(=S)n2-c2cnn(Cc3ccccc3)c2)c1. The Morgan fingerprint density at radius 1 is 1.12 bits per heavy atom. The van der Waals surface area contributed by atoms with Crippen molar-refractivity contribution in [1.82, 2.24) is 34.3 Å². The zero-order chi connectivity index (χ0) is 18.1. The number of rotatable bonds is 5. The van der Waals surface area contributed by atoms with Crippen LogP contribution in [0.25, 0.3) is 5.69 Å². The number of nitrogens with one attached hydrogen (secondary N) is 1. The van der Waals surface area contributed by atoms with Gasteiger partial charge in [-0.1, -0.05) is 30.3 Å². The van der Waals surface area contributed by atoms with Gasteiger partial charge in [0.2, 0.25) is 0 Å². The first-order chi connectivity index (χ1) is 12.6. The summed E-state index contributed by atoms with van der Waals surface area (Å²) >= 11 is 5.45. The summed E-state index contributed by atoms with van der Waals surface area (Å²) in [5.41, 5.74) is 3.18. The second-order valence-corrected chi connectivity index (χ2v) is 6.66. The highest BCUT2D eigenvalue weighted by Gasteiger charge is 2.18. The minimum absolute atomic E-state index is 0.0610. The predicted octanol–water partition coefficient (Wildman–Crippen LogP) is 3.29. The van der Waals surface area contributed by atoms with Crippen LogP contribution in [0.1, 0.15) is 29.9 Å². The van der Waals surface area contributed by atoms with Gasteiger partial charge in [0.05, 0.1) is 24.6 Å². The van der Waals surface area contributed by atoms with Crippen molar-refractivity contribution < 1.29 is 0 Å². The number of aromatic nitrogens is 7. The maximum atomic E-state index is 5.45. The lowest BCUT2D eigenvalue weighted by Crippen LogP contribution is -2.13. The van der Waals surface area contributed by atoms with Crippen LogP contribution in [-0.2, 0) is 6.54 Å². The summed E-state index contributed by atoms with van der Waals surface area (Å²) in [6, 6.07) is 10.2. The highest BCUT2D eigenvalue weighted by Crippen LogP contribution is 2.20. The third-order valence-electron chi connectivity index (χ3n) is 4.26. The number of aryl methyl sites for hydroxylation is 1.